The number of allylic oxidation sites excluding steroid dienone is 1. The quantitative estimate of drug-likeness (QED) is 0.766. The Kier molecular flexibility index (Phi) is 6.45. The Morgan fingerprint density at radius 3 is 2.68 bits per heavy atom. The van der Waals surface area contributed by atoms with Crippen molar-refractivity contribution in [2.24, 2.45) is 11.7 Å². The summed E-state index contributed by atoms with van der Waals surface area (Å²) in [7, 11) is 1.64. The molecule has 28 heavy (non-hydrogen) atoms. The van der Waals surface area contributed by atoms with Crippen molar-refractivity contribution in [3.05, 3.63) is 83.3 Å². The van der Waals surface area contributed by atoms with Crippen molar-refractivity contribution in [1.29, 1.82) is 0 Å². The van der Waals surface area contributed by atoms with E-state index in [4.69, 9.17) is 15.2 Å². The van der Waals surface area contributed by atoms with Crippen molar-refractivity contribution in [1.82, 2.24) is 5.32 Å². The second-order valence-corrected chi connectivity index (χ2v) is 6.61. The first-order valence-electron chi connectivity index (χ1n) is 9.01. The highest BCUT2D eigenvalue weighted by molar-refractivity contribution is 5.97. The van der Waals surface area contributed by atoms with Gasteiger partial charge in [-0.15, -0.1) is 0 Å². The van der Waals surface area contributed by atoms with Crippen LogP contribution in [0.1, 0.15) is 12.0 Å². The number of nitrogens with two attached hydrogens (primary N) is 1. The van der Waals surface area contributed by atoms with Gasteiger partial charge >= 0.3 is 0 Å². The van der Waals surface area contributed by atoms with E-state index in [1.54, 1.807) is 37.5 Å². The maximum absolute atomic E-state index is 13.3. The molecule has 1 unspecified atom stereocenters. The molecular weight excluding hydrogens is 359 g/mol. The fraction of sp³-hybridized carbons (Fsp3) is 0.227. The lowest BCUT2D eigenvalue weighted by Gasteiger charge is -2.19. The zero-order valence-electron chi connectivity index (χ0n) is 15.7. The summed E-state index contributed by atoms with van der Waals surface area (Å²) in [5.41, 5.74) is 7.96. The minimum absolute atomic E-state index is 0.193. The predicted molar refractivity (Wildman–Crippen MR) is 105 cm³/mol. The van der Waals surface area contributed by atoms with Crippen molar-refractivity contribution in [2.45, 2.75) is 13.0 Å². The largest absolute Gasteiger partial charge is 0.457 e. The number of ether oxygens (including phenoxy) is 2. The van der Waals surface area contributed by atoms with Crippen LogP contribution in [0.5, 0.6) is 11.5 Å². The molecule has 0 radical (unpaired) electrons. The van der Waals surface area contributed by atoms with E-state index in [1.807, 2.05) is 18.2 Å². The Hall–Kier alpha value is -3.12. The Labute approximate surface area is 163 Å². The van der Waals surface area contributed by atoms with Gasteiger partial charge in [-0.2, -0.15) is 0 Å². The van der Waals surface area contributed by atoms with Crippen LogP contribution in [-0.2, 0) is 16.1 Å². The van der Waals surface area contributed by atoms with E-state index >= 15 is 0 Å². The first kappa shape index (κ1) is 19.6. The van der Waals surface area contributed by atoms with Crippen LogP contribution in [0.15, 0.2) is 72.0 Å². The maximum atomic E-state index is 13.3. The number of hydrogen-bond acceptors (Lipinski definition) is 4. The van der Waals surface area contributed by atoms with Crippen LogP contribution >= 0.6 is 0 Å². The highest BCUT2D eigenvalue weighted by Gasteiger charge is 2.18. The molecule has 0 saturated heterocycles. The third-order valence-electron chi connectivity index (χ3n) is 4.37. The van der Waals surface area contributed by atoms with Gasteiger partial charge in [0.2, 0.25) is 0 Å². The van der Waals surface area contributed by atoms with Gasteiger partial charge in [-0.05, 0) is 36.2 Å². The van der Waals surface area contributed by atoms with Crippen molar-refractivity contribution in [3.8, 4) is 11.5 Å². The number of hydrogen-bond donors (Lipinski definition) is 2. The highest BCUT2D eigenvalue weighted by atomic mass is 19.1. The number of carbonyl (C=O) groups excluding carboxylic acids is 1. The fourth-order valence-electron chi connectivity index (χ4n) is 3.01. The molecule has 5 nitrogen and oxygen atoms in total. The van der Waals surface area contributed by atoms with Crippen LogP contribution in [0.2, 0.25) is 0 Å². The number of methoxy groups -OCH3 is 1. The van der Waals surface area contributed by atoms with E-state index in [9.17, 15) is 9.18 Å². The molecule has 0 aromatic heterocycles. The van der Waals surface area contributed by atoms with Crippen LogP contribution in [-0.4, -0.2) is 19.6 Å². The summed E-state index contributed by atoms with van der Waals surface area (Å²) >= 11 is 0. The van der Waals surface area contributed by atoms with Crippen LogP contribution < -0.4 is 15.8 Å². The van der Waals surface area contributed by atoms with Gasteiger partial charge < -0.3 is 20.5 Å². The second-order valence-electron chi connectivity index (χ2n) is 6.61. The Balaban J connectivity index is 1.60. The molecule has 2 aromatic carbocycles. The van der Waals surface area contributed by atoms with Gasteiger partial charge in [0.1, 0.15) is 17.3 Å². The smallest absolute Gasteiger partial charge is 0.253 e. The molecule has 3 rings (SSSR count). The van der Waals surface area contributed by atoms with Crippen molar-refractivity contribution in [3.63, 3.8) is 0 Å². The number of rotatable bonds is 7. The standard InChI is InChI=1S/C22H23FN2O3/c1-27-14-16-8-9-20(21(24)11-16)22(26)25-13-15-4-2-6-18(10-15)28-19-7-3-5-17(23)12-19/h2-10,12,16H,11,13-14,24H2,1H3,(H,25,26). The molecule has 2 aromatic rings. The average Bonchev–Trinajstić information content (AvgIpc) is 2.67. The van der Waals surface area contributed by atoms with E-state index < -0.39 is 0 Å². The molecule has 1 amide bonds. The highest BCUT2D eigenvalue weighted by Crippen LogP contribution is 2.23. The second kappa shape index (κ2) is 9.19. The molecule has 0 bridgehead atoms. The normalized spacial score (nSPS) is 16.1. The van der Waals surface area contributed by atoms with Gasteiger partial charge in [0.05, 0.1) is 12.2 Å². The van der Waals surface area contributed by atoms with E-state index in [0.29, 0.717) is 42.3 Å². The molecule has 0 saturated carbocycles. The molecule has 6 heteroatoms. The number of nitrogens with one attached hydrogen (secondary N) is 1. The fourth-order valence-corrected chi connectivity index (χ4v) is 3.01. The molecule has 146 valence electrons. The Bertz CT molecular complexity index is 908. The molecule has 3 N–H and O–H groups in total. The Morgan fingerprint density at radius 1 is 1.21 bits per heavy atom. The lowest BCUT2D eigenvalue weighted by atomic mass is 9.94. The average molecular weight is 382 g/mol. The van der Waals surface area contributed by atoms with E-state index in [1.165, 1.54) is 12.1 Å². The lowest BCUT2D eigenvalue weighted by molar-refractivity contribution is -0.117. The Morgan fingerprint density at radius 2 is 1.96 bits per heavy atom. The van der Waals surface area contributed by atoms with Crippen LogP contribution in [0.3, 0.4) is 0 Å². The number of amides is 1. The first-order valence-corrected chi connectivity index (χ1v) is 9.01. The SMILES string of the molecule is COCC1C=CC(C(=O)NCc2cccc(Oc3cccc(F)c3)c2)=C(N)C1. The van der Waals surface area contributed by atoms with Crippen molar-refractivity contribution in [2.75, 3.05) is 13.7 Å². The lowest BCUT2D eigenvalue weighted by Crippen LogP contribution is -2.28. The zero-order chi connectivity index (χ0) is 19.9. The number of halogens is 1. The predicted octanol–water partition coefficient (Wildman–Crippen LogP) is 3.67. The monoisotopic (exact) mass is 382 g/mol. The van der Waals surface area contributed by atoms with Gasteiger partial charge in [0.15, 0.2) is 0 Å². The van der Waals surface area contributed by atoms with Gasteiger partial charge in [-0.25, -0.2) is 4.39 Å². The number of carbonyl (C=O) groups is 1. The summed E-state index contributed by atoms with van der Waals surface area (Å²) in [5, 5.41) is 2.87. The summed E-state index contributed by atoms with van der Waals surface area (Å²) < 4.78 is 24.1. The van der Waals surface area contributed by atoms with Crippen LogP contribution in [0.4, 0.5) is 4.39 Å². The number of benzene rings is 2. The van der Waals surface area contributed by atoms with Gasteiger partial charge in [-0.1, -0.05) is 30.4 Å². The summed E-state index contributed by atoms with van der Waals surface area (Å²) in [6.07, 6.45) is 4.30. The first-order chi connectivity index (χ1) is 13.5. The van der Waals surface area contributed by atoms with Crippen molar-refractivity contribution >= 4 is 5.91 Å². The minimum atomic E-state index is -0.361. The van der Waals surface area contributed by atoms with Crippen molar-refractivity contribution < 1.29 is 18.7 Å². The third kappa shape index (κ3) is 5.20. The molecule has 0 heterocycles. The molecular formula is C22H23FN2O3. The third-order valence-corrected chi connectivity index (χ3v) is 4.37. The van der Waals surface area contributed by atoms with E-state index in [-0.39, 0.29) is 17.6 Å². The topological polar surface area (TPSA) is 73.6 Å². The summed E-state index contributed by atoms with van der Waals surface area (Å²) in [6.45, 7) is 0.898. The van der Waals surface area contributed by atoms with E-state index in [2.05, 4.69) is 5.32 Å². The van der Waals surface area contributed by atoms with Crippen LogP contribution in [0.25, 0.3) is 0 Å². The summed E-state index contributed by atoms with van der Waals surface area (Å²) in [5.74, 6) is 0.590. The summed E-state index contributed by atoms with van der Waals surface area (Å²) in [4.78, 5) is 12.5. The van der Waals surface area contributed by atoms with E-state index in [0.717, 1.165) is 5.56 Å². The molecule has 1 aliphatic rings. The summed E-state index contributed by atoms with van der Waals surface area (Å²) in [6, 6.07) is 13.2. The minimum Gasteiger partial charge on any atom is -0.457 e. The van der Waals surface area contributed by atoms with Gasteiger partial charge in [0.25, 0.3) is 5.91 Å². The van der Waals surface area contributed by atoms with Crippen LogP contribution in [0, 0.1) is 11.7 Å². The molecule has 1 atom stereocenters. The molecule has 0 fully saturated rings. The maximum Gasteiger partial charge on any atom is 0.253 e. The van der Waals surface area contributed by atoms with Gasteiger partial charge in [-0.3, -0.25) is 4.79 Å². The molecule has 0 aliphatic heterocycles. The molecule has 0 spiro atoms. The van der Waals surface area contributed by atoms with Gasteiger partial charge in [0, 0.05) is 31.3 Å². The zero-order valence-corrected chi connectivity index (χ0v) is 15.7. The molecule has 1 aliphatic carbocycles.